The zero-order valence-electron chi connectivity index (χ0n) is 7.77. The van der Waals surface area contributed by atoms with Crippen molar-refractivity contribution in [2.45, 2.75) is 19.9 Å². The van der Waals surface area contributed by atoms with Crippen molar-refractivity contribution in [3.05, 3.63) is 26.8 Å². The number of nitrogens with one attached hydrogen (secondary N) is 2. The third-order valence-corrected chi connectivity index (χ3v) is 1.44. The van der Waals surface area contributed by atoms with Crippen molar-refractivity contribution in [3.8, 4) is 0 Å². The van der Waals surface area contributed by atoms with Gasteiger partial charge >= 0.3 is 11.2 Å². The van der Waals surface area contributed by atoms with Crippen LogP contribution in [0, 0.1) is 10.1 Å². The molecule has 0 saturated heterocycles. The van der Waals surface area contributed by atoms with Crippen LogP contribution < -0.4 is 10.9 Å². The first-order valence-electron chi connectivity index (χ1n) is 4.01. The fourth-order valence-corrected chi connectivity index (χ4v) is 0.941. The van der Waals surface area contributed by atoms with Crippen LogP contribution in [0.2, 0.25) is 0 Å². The lowest BCUT2D eigenvalue weighted by atomic mass is 10.3. The third-order valence-electron chi connectivity index (χ3n) is 1.44. The average molecular weight is 198 g/mol. The molecule has 0 atom stereocenters. The molecule has 0 amide bonds. The molecule has 0 bridgehead atoms. The minimum Gasteiger partial charge on any atom is -0.362 e. The highest BCUT2D eigenvalue weighted by Crippen LogP contribution is 2.15. The van der Waals surface area contributed by atoms with E-state index in [9.17, 15) is 14.9 Å². The standard InChI is InChI=1S/C7H10N4O3/c1-4(2)10-6-5(11(13)14)7(12)9-3-8-6/h3-4H,1-2H3,(H2,8,9,10,12). The summed E-state index contributed by atoms with van der Waals surface area (Å²) in [4.78, 5) is 26.7. The fraction of sp³-hybridized carbons (Fsp3) is 0.429. The maximum Gasteiger partial charge on any atom is 0.375 e. The number of H-pyrrole nitrogens is 1. The van der Waals surface area contributed by atoms with Crippen molar-refractivity contribution in [2.24, 2.45) is 0 Å². The van der Waals surface area contributed by atoms with Crippen molar-refractivity contribution in [1.82, 2.24) is 9.97 Å². The summed E-state index contributed by atoms with van der Waals surface area (Å²) in [6.45, 7) is 3.60. The van der Waals surface area contributed by atoms with Gasteiger partial charge in [-0.2, -0.15) is 0 Å². The van der Waals surface area contributed by atoms with E-state index in [1.54, 1.807) is 13.8 Å². The number of aromatic amines is 1. The van der Waals surface area contributed by atoms with Crippen LogP contribution in [0.1, 0.15) is 13.8 Å². The zero-order valence-corrected chi connectivity index (χ0v) is 7.77. The number of nitrogens with zero attached hydrogens (tertiary/aromatic N) is 2. The van der Waals surface area contributed by atoms with E-state index in [0.29, 0.717) is 0 Å². The summed E-state index contributed by atoms with van der Waals surface area (Å²) in [5, 5.41) is 13.3. The Kier molecular flexibility index (Phi) is 2.80. The van der Waals surface area contributed by atoms with Crippen molar-refractivity contribution in [3.63, 3.8) is 0 Å². The van der Waals surface area contributed by atoms with Crippen LogP contribution in [0.4, 0.5) is 11.5 Å². The Balaban J connectivity index is 3.22. The summed E-state index contributed by atoms with van der Waals surface area (Å²) >= 11 is 0. The Hall–Kier alpha value is -1.92. The van der Waals surface area contributed by atoms with E-state index in [4.69, 9.17) is 0 Å². The highest BCUT2D eigenvalue weighted by atomic mass is 16.6. The van der Waals surface area contributed by atoms with Gasteiger partial charge in [0.25, 0.3) is 0 Å². The van der Waals surface area contributed by atoms with E-state index in [1.807, 2.05) is 0 Å². The number of aromatic nitrogens is 2. The fourth-order valence-electron chi connectivity index (χ4n) is 0.941. The molecular weight excluding hydrogens is 188 g/mol. The van der Waals surface area contributed by atoms with Gasteiger partial charge in [-0.25, -0.2) is 4.98 Å². The van der Waals surface area contributed by atoms with Gasteiger partial charge in [-0.1, -0.05) is 0 Å². The first-order valence-corrected chi connectivity index (χ1v) is 4.01. The molecule has 1 rings (SSSR count). The molecule has 0 saturated carbocycles. The van der Waals surface area contributed by atoms with Crippen LogP contribution in [0.5, 0.6) is 0 Å². The minimum atomic E-state index is -0.756. The lowest BCUT2D eigenvalue weighted by Crippen LogP contribution is -2.19. The van der Waals surface area contributed by atoms with Gasteiger partial charge in [0, 0.05) is 6.04 Å². The van der Waals surface area contributed by atoms with E-state index >= 15 is 0 Å². The third kappa shape index (κ3) is 2.06. The van der Waals surface area contributed by atoms with Crippen molar-refractivity contribution in [1.29, 1.82) is 0 Å². The molecule has 7 nitrogen and oxygen atoms in total. The van der Waals surface area contributed by atoms with E-state index in [1.165, 1.54) is 0 Å². The number of rotatable bonds is 3. The Bertz CT molecular complexity index is 398. The van der Waals surface area contributed by atoms with Crippen molar-refractivity contribution in [2.75, 3.05) is 5.32 Å². The number of anilines is 1. The first kappa shape index (κ1) is 10.2. The van der Waals surface area contributed by atoms with E-state index in [-0.39, 0.29) is 11.9 Å². The Labute approximate surface area is 79.3 Å². The van der Waals surface area contributed by atoms with E-state index in [2.05, 4.69) is 15.3 Å². The Morgan fingerprint density at radius 1 is 1.64 bits per heavy atom. The number of hydrogen-bond donors (Lipinski definition) is 2. The summed E-state index contributed by atoms with van der Waals surface area (Å²) in [7, 11) is 0. The van der Waals surface area contributed by atoms with Gasteiger partial charge in [-0.05, 0) is 13.8 Å². The number of hydrogen-bond acceptors (Lipinski definition) is 5. The van der Waals surface area contributed by atoms with Gasteiger partial charge in [-0.3, -0.25) is 14.9 Å². The highest BCUT2D eigenvalue weighted by Gasteiger charge is 2.20. The molecule has 1 aromatic heterocycles. The highest BCUT2D eigenvalue weighted by molar-refractivity contribution is 5.53. The Morgan fingerprint density at radius 3 is 2.79 bits per heavy atom. The molecule has 1 heterocycles. The van der Waals surface area contributed by atoms with E-state index in [0.717, 1.165) is 6.33 Å². The minimum absolute atomic E-state index is 0.00579. The lowest BCUT2D eigenvalue weighted by molar-refractivity contribution is -0.385. The summed E-state index contributed by atoms with van der Waals surface area (Å²) in [6.07, 6.45) is 1.13. The lowest BCUT2D eigenvalue weighted by Gasteiger charge is -2.07. The summed E-state index contributed by atoms with van der Waals surface area (Å²) in [6, 6.07) is -0.0250. The maximum atomic E-state index is 11.1. The van der Waals surface area contributed by atoms with Crippen molar-refractivity contribution < 1.29 is 4.92 Å². The van der Waals surface area contributed by atoms with E-state index < -0.39 is 16.2 Å². The second kappa shape index (κ2) is 3.86. The second-order valence-electron chi connectivity index (χ2n) is 2.99. The molecule has 0 unspecified atom stereocenters. The SMILES string of the molecule is CC(C)Nc1nc[nH]c(=O)c1[N+](=O)[O-]. The van der Waals surface area contributed by atoms with Gasteiger partial charge in [0.1, 0.15) is 0 Å². The summed E-state index contributed by atoms with van der Waals surface area (Å²) < 4.78 is 0. The largest absolute Gasteiger partial charge is 0.375 e. The average Bonchev–Trinajstić information content (AvgIpc) is 2.01. The van der Waals surface area contributed by atoms with Gasteiger partial charge in [-0.15, -0.1) is 0 Å². The molecule has 0 aromatic carbocycles. The molecular formula is C7H10N4O3. The Morgan fingerprint density at radius 2 is 2.29 bits per heavy atom. The van der Waals surface area contributed by atoms with Crippen molar-refractivity contribution >= 4 is 11.5 Å². The first-order chi connectivity index (χ1) is 6.52. The van der Waals surface area contributed by atoms with Gasteiger partial charge in [0.2, 0.25) is 5.82 Å². The van der Waals surface area contributed by atoms with Crippen LogP contribution in [0.15, 0.2) is 11.1 Å². The molecule has 1 aromatic rings. The molecule has 0 aliphatic carbocycles. The van der Waals surface area contributed by atoms with Crippen LogP contribution in [0.3, 0.4) is 0 Å². The molecule has 2 N–H and O–H groups in total. The topological polar surface area (TPSA) is 101 Å². The van der Waals surface area contributed by atoms with Gasteiger partial charge in [0.05, 0.1) is 11.3 Å². The maximum absolute atomic E-state index is 11.1. The smallest absolute Gasteiger partial charge is 0.362 e. The molecule has 14 heavy (non-hydrogen) atoms. The normalized spacial score (nSPS) is 10.2. The van der Waals surface area contributed by atoms with Gasteiger partial charge in [0.15, 0.2) is 0 Å². The molecule has 7 heteroatoms. The van der Waals surface area contributed by atoms with Crippen LogP contribution in [0.25, 0.3) is 0 Å². The van der Waals surface area contributed by atoms with Crippen LogP contribution >= 0.6 is 0 Å². The summed E-state index contributed by atoms with van der Waals surface area (Å²) in [5.41, 5.74) is -1.31. The molecule has 0 fully saturated rings. The van der Waals surface area contributed by atoms with Crippen LogP contribution in [-0.4, -0.2) is 20.9 Å². The van der Waals surface area contributed by atoms with Gasteiger partial charge < -0.3 is 10.3 Å². The molecule has 76 valence electrons. The molecule has 0 spiro atoms. The zero-order chi connectivity index (χ0) is 10.7. The predicted molar refractivity (Wildman–Crippen MR) is 50.3 cm³/mol. The molecule has 0 radical (unpaired) electrons. The summed E-state index contributed by atoms with van der Waals surface area (Å²) in [5.74, 6) is -0.00579. The molecule has 0 aliphatic heterocycles. The predicted octanol–water partition coefficient (Wildman–Crippen LogP) is 0.498. The monoisotopic (exact) mass is 198 g/mol. The number of nitro groups is 1. The molecule has 0 aliphatic rings. The van der Waals surface area contributed by atoms with Crippen LogP contribution in [-0.2, 0) is 0 Å². The second-order valence-corrected chi connectivity index (χ2v) is 2.99. The quantitative estimate of drug-likeness (QED) is 0.544.